The highest BCUT2D eigenvalue weighted by atomic mass is 35.5. The fourth-order valence-electron chi connectivity index (χ4n) is 4.64. The van der Waals surface area contributed by atoms with Gasteiger partial charge in [-0.15, -0.1) is 0 Å². The molecule has 0 saturated carbocycles. The molecule has 1 amide bonds. The van der Waals surface area contributed by atoms with Crippen LogP contribution in [0.5, 0.6) is 0 Å². The van der Waals surface area contributed by atoms with Gasteiger partial charge in [0, 0.05) is 10.6 Å². The number of sulfonamides is 1. The van der Waals surface area contributed by atoms with Gasteiger partial charge in [-0.25, -0.2) is 13.8 Å². The van der Waals surface area contributed by atoms with Crippen LogP contribution in [-0.2, 0) is 27.7 Å². The number of anilines is 1. The normalized spacial score (nSPS) is 12.8. The average Bonchev–Trinajstić information content (AvgIpc) is 3.29. The van der Waals surface area contributed by atoms with Gasteiger partial charge in [0.05, 0.1) is 16.8 Å². The molecule has 4 aromatic rings. The Morgan fingerprint density at radius 1 is 1.00 bits per heavy atom. The summed E-state index contributed by atoms with van der Waals surface area (Å²) in [5.74, 6) is -0.564. The summed E-state index contributed by atoms with van der Waals surface area (Å²) in [6.45, 7) is 1.31. The monoisotopic (exact) mass is 517 g/mol. The molecule has 0 spiro atoms. The maximum atomic E-state index is 13.5. The van der Waals surface area contributed by atoms with Crippen LogP contribution >= 0.6 is 11.6 Å². The van der Waals surface area contributed by atoms with Crippen molar-refractivity contribution in [3.05, 3.63) is 106 Å². The van der Waals surface area contributed by atoms with Crippen molar-refractivity contribution in [3.8, 4) is 0 Å². The quantitative estimate of drug-likeness (QED) is 0.269. The van der Waals surface area contributed by atoms with E-state index < -0.39 is 22.5 Å². The Labute approximate surface area is 215 Å². The number of hydrogen-bond donors (Lipinski definition) is 1. The molecule has 1 aliphatic rings. The number of hydrogen-bond acceptors (Lipinski definition) is 4. The van der Waals surface area contributed by atoms with Gasteiger partial charge in [-0.2, -0.15) is 5.10 Å². The molecule has 0 saturated heterocycles. The summed E-state index contributed by atoms with van der Waals surface area (Å²) in [5, 5.41) is 6.97. The van der Waals surface area contributed by atoms with E-state index in [2.05, 4.69) is 22.7 Å². The molecule has 0 unspecified atom stereocenters. The molecule has 0 fully saturated rings. The second kappa shape index (κ2) is 9.76. The van der Waals surface area contributed by atoms with Gasteiger partial charge < -0.3 is 0 Å². The molecule has 6 nitrogen and oxygen atoms in total. The van der Waals surface area contributed by atoms with Crippen LogP contribution in [0, 0.1) is 6.92 Å². The Balaban J connectivity index is 1.41. The van der Waals surface area contributed by atoms with Gasteiger partial charge in [-0.1, -0.05) is 60.1 Å². The Morgan fingerprint density at radius 3 is 2.50 bits per heavy atom. The summed E-state index contributed by atoms with van der Waals surface area (Å²) < 4.78 is 28.1. The van der Waals surface area contributed by atoms with E-state index in [-0.39, 0.29) is 4.90 Å². The molecule has 5 rings (SSSR count). The molecular formula is C28H24ClN3O3S. The van der Waals surface area contributed by atoms with Gasteiger partial charge >= 0.3 is 0 Å². The summed E-state index contributed by atoms with van der Waals surface area (Å²) in [7, 11) is -4.02. The van der Waals surface area contributed by atoms with Crippen LogP contribution in [-0.4, -0.2) is 27.1 Å². The molecule has 182 valence electrons. The third-order valence-electron chi connectivity index (χ3n) is 6.35. The van der Waals surface area contributed by atoms with Crippen molar-refractivity contribution < 1.29 is 13.2 Å². The van der Waals surface area contributed by atoms with Crippen LogP contribution < -0.4 is 9.73 Å². The predicted molar refractivity (Wildman–Crippen MR) is 144 cm³/mol. The van der Waals surface area contributed by atoms with Crippen LogP contribution in [0.4, 0.5) is 5.69 Å². The van der Waals surface area contributed by atoms with E-state index in [1.807, 2.05) is 18.2 Å². The summed E-state index contributed by atoms with van der Waals surface area (Å²) >= 11 is 6.08. The van der Waals surface area contributed by atoms with Gasteiger partial charge in [0.15, 0.2) is 0 Å². The van der Waals surface area contributed by atoms with Gasteiger partial charge in [-0.05, 0) is 77.6 Å². The van der Waals surface area contributed by atoms with Gasteiger partial charge in [0.1, 0.15) is 6.54 Å². The first-order chi connectivity index (χ1) is 17.3. The molecular weight excluding hydrogens is 494 g/mol. The van der Waals surface area contributed by atoms with Crippen molar-refractivity contribution in [1.29, 1.82) is 0 Å². The van der Waals surface area contributed by atoms with Crippen LogP contribution in [0.15, 0.2) is 88.9 Å². The molecule has 0 bridgehead atoms. The summed E-state index contributed by atoms with van der Waals surface area (Å²) in [6.07, 6.45) is 3.66. The number of carbonyl (C=O) groups excluding carboxylic acids is 1. The minimum Gasteiger partial charge on any atom is -0.271 e. The zero-order valence-corrected chi connectivity index (χ0v) is 21.2. The topological polar surface area (TPSA) is 78.8 Å². The number of benzene rings is 4. The molecule has 8 heteroatoms. The average molecular weight is 518 g/mol. The second-order valence-electron chi connectivity index (χ2n) is 8.70. The Kier molecular flexibility index (Phi) is 6.51. The Hall–Kier alpha value is -3.68. The van der Waals surface area contributed by atoms with E-state index in [4.69, 9.17) is 11.6 Å². The van der Waals surface area contributed by atoms with Gasteiger partial charge in [-0.3, -0.25) is 9.10 Å². The van der Waals surface area contributed by atoms with Crippen LogP contribution in [0.1, 0.15) is 22.3 Å². The molecule has 0 aromatic heterocycles. The number of halogens is 1. The number of nitrogens with zero attached hydrogens (tertiary/aromatic N) is 2. The molecule has 0 radical (unpaired) electrons. The number of amides is 1. The highest BCUT2D eigenvalue weighted by molar-refractivity contribution is 7.92. The number of carbonyl (C=O) groups is 1. The maximum absolute atomic E-state index is 13.5. The third kappa shape index (κ3) is 4.59. The first-order valence-electron chi connectivity index (χ1n) is 11.5. The molecule has 0 aliphatic heterocycles. The SMILES string of the molecule is Cc1cc(Cl)ccc1N(CC(=O)NN=Cc1ccc2c3c(cccc13)CC2)S(=O)(=O)c1ccccc1. The van der Waals surface area contributed by atoms with Crippen molar-refractivity contribution in [3.63, 3.8) is 0 Å². The van der Waals surface area contributed by atoms with E-state index in [1.165, 1.54) is 28.6 Å². The van der Waals surface area contributed by atoms with E-state index in [1.54, 1.807) is 49.5 Å². The lowest BCUT2D eigenvalue weighted by Crippen LogP contribution is -2.40. The zero-order valence-electron chi connectivity index (χ0n) is 19.6. The van der Waals surface area contributed by atoms with E-state index >= 15 is 0 Å². The fourth-order valence-corrected chi connectivity index (χ4v) is 6.37. The Bertz CT molecular complexity index is 1590. The predicted octanol–water partition coefficient (Wildman–Crippen LogP) is 5.25. The van der Waals surface area contributed by atoms with Crippen LogP contribution in [0.3, 0.4) is 0 Å². The summed E-state index contributed by atoms with van der Waals surface area (Å²) in [4.78, 5) is 13.0. The van der Waals surface area contributed by atoms with Crippen molar-refractivity contribution in [2.45, 2.75) is 24.7 Å². The molecule has 0 heterocycles. The first-order valence-corrected chi connectivity index (χ1v) is 13.4. The minimum atomic E-state index is -4.02. The lowest BCUT2D eigenvalue weighted by Gasteiger charge is -2.25. The lowest BCUT2D eigenvalue weighted by molar-refractivity contribution is -0.119. The number of nitrogens with one attached hydrogen (secondary N) is 1. The highest BCUT2D eigenvalue weighted by Crippen LogP contribution is 2.32. The summed E-state index contributed by atoms with van der Waals surface area (Å²) in [5.41, 5.74) is 7.03. The smallest absolute Gasteiger partial charge is 0.264 e. The minimum absolute atomic E-state index is 0.0866. The number of hydrazone groups is 1. The number of aryl methyl sites for hydroxylation is 3. The number of rotatable bonds is 7. The molecule has 4 aromatic carbocycles. The zero-order chi connectivity index (χ0) is 25.3. The molecule has 0 atom stereocenters. The standard InChI is InChI=1S/C28H24ClN3O3S/c1-19-16-23(29)14-15-26(19)32(36(34,35)24-7-3-2-4-8-24)18-27(33)31-30-17-22-13-12-21-11-10-20-6-5-9-25(22)28(20)21/h2-9,12-17H,10-11,18H2,1H3,(H,31,33). The fraction of sp³-hybridized carbons (Fsp3) is 0.143. The second-order valence-corrected chi connectivity index (χ2v) is 11.0. The summed E-state index contributed by atoms with van der Waals surface area (Å²) in [6, 6.07) is 23.2. The highest BCUT2D eigenvalue weighted by Gasteiger charge is 2.28. The van der Waals surface area contributed by atoms with Crippen LogP contribution in [0.25, 0.3) is 10.8 Å². The van der Waals surface area contributed by atoms with Crippen molar-refractivity contribution in [2.24, 2.45) is 5.10 Å². The first kappa shape index (κ1) is 24.0. The van der Waals surface area contributed by atoms with Gasteiger partial charge in [0.2, 0.25) is 0 Å². The van der Waals surface area contributed by atoms with Crippen molar-refractivity contribution >= 4 is 50.2 Å². The van der Waals surface area contributed by atoms with E-state index in [0.717, 1.165) is 28.1 Å². The van der Waals surface area contributed by atoms with E-state index in [0.29, 0.717) is 16.3 Å². The molecule has 1 aliphatic carbocycles. The lowest BCUT2D eigenvalue weighted by atomic mass is 10.0. The third-order valence-corrected chi connectivity index (χ3v) is 8.36. The van der Waals surface area contributed by atoms with E-state index in [9.17, 15) is 13.2 Å². The van der Waals surface area contributed by atoms with Crippen molar-refractivity contribution in [2.75, 3.05) is 10.8 Å². The van der Waals surface area contributed by atoms with Gasteiger partial charge in [0.25, 0.3) is 15.9 Å². The van der Waals surface area contributed by atoms with Crippen molar-refractivity contribution in [1.82, 2.24) is 5.43 Å². The largest absolute Gasteiger partial charge is 0.271 e. The van der Waals surface area contributed by atoms with Crippen LogP contribution in [0.2, 0.25) is 5.02 Å². The molecule has 36 heavy (non-hydrogen) atoms. The Morgan fingerprint density at radius 2 is 1.75 bits per heavy atom. The maximum Gasteiger partial charge on any atom is 0.264 e. The molecule has 1 N–H and O–H groups in total.